The van der Waals surface area contributed by atoms with E-state index in [1.54, 1.807) is 0 Å². The van der Waals surface area contributed by atoms with Crippen molar-refractivity contribution >= 4 is 0 Å². The molecule has 19 nitrogen and oxygen atoms in total. The summed E-state index contributed by atoms with van der Waals surface area (Å²) in [5.41, 5.74) is 36.7. The topological polar surface area (TPSA) is 353 Å². The second kappa shape index (κ2) is 14.8. The van der Waals surface area contributed by atoms with Gasteiger partial charge in [-0.1, -0.05) is 0 Å². The van der Waals surface area contributed by atoms with E-state index in [9.17, 15) is 35.7 Å². The number of ether oxygens (including phenoxy) is 6. The largest absolute Gasteiger partial charge is 0.394 e. The van der Waals surface area contributed by atoms with Crippen molar-refractivity contribution in [2.75, 3.05) is 19.8 Å². The van der Waals surface area contributed by atoms with E-state index in [0.29, 0.717) is 0 Å². The summed E-state index contributed by atoms with van der Waals surface area (Å²) in [5.74, 6) is 0. The number of rotatable bonds is 9. The minimum absolute atomic E-state index is 0.0125. The molecule has 3 saturated heterocycles. The maximum Gasteiger partial charge on any atom is 0.176 e. The van der Waals surface area contributed by atoms with Gasteiger partial charge in [0.2, 0.25) is 0 Å². The van der Waals surface area contributed by atoms with Crippen LogP contribution in [0.2, 0.25) is 0 Å². The summed E-state index contributed by atoms with van der Waals surface area (Å²) in [6.07, 6.45) is -17.4. The van der Waals surface area contributed by atoms with Gasteiger partial charge < -0.3 is 98.6 Å². The van der Waals surface area contributed by atoms with E-state index in [1.807, 2.05) is 0 Å². The van der Waals surface area contributed by atoms with Gasteiger partial charge in [0, 0.05) is 18.6 Å². The first kappa shape index (κ1) is 35.1. The van der Waals surface area contributed by atoms with Crippen molar-refractivity contribution in [2.24, 2.45) is 34.4 Å². The predicted molar refractivity (Wildman–Crippen MR) is 143 cm³/mol. The van der Waals surface area contributed by atoms with Crippen LogP contribution in [0.25, 0.3) is 0 Å². The Kier molecular flexibility index (Phi) is 12.1. The van der Waals surface area contributed by atoms with Crippen LogP contribution in [-0.2, 0) is 28.4 Å². The molecule has 43 heavy (non-hydrogen) atoms. The van der Waals surface area contributed by atoms with E-state index in [2.05, 4.69) is 0 Å². The number of hydrogen-bond donors (Lipinski definition) is 13. The van der Waals surface area contributed by atoms with Crippen LogP contribution in [0.3, 0.4) is 0 Å². The fourth-order valence-electron chi connectivity index (χ4n) is 5.96. The summed E-state index contributed by atoms with van der Waals surface area (Å²) in [6.45, 7) is -1.34. The average molecular weight is 629 g/mol. The minimum atomic E-state index is -1.54. The molecule has 0 radical (unpaired) electrons. The van der Waals surface area contributed by atoms with Crippen molar-refractivity contribution in [3.05, 3.63) is 0 Å². The van der Waals surface area contributed by atoms with Gasteiger partial charge in [0.1, 0.15) is 54.9 Å². The zero-order valence-electron chi connectivity index (χ0n) is 23.5. The van der Waals surface area contributed by atoms with Gasteiger partial charge in [-0.15, -0.1) is 0 Å². The quantitative estimate of drug-likeness (QED) is 0.113. The van der Waals surface area contributed by atoms with Crippen molar-refractivity contribution in [2.45, 2.75) is 129 Å². The highest BCUT2D eigenvalue weighted by Gasteiger charge is 2.52. The van der Waals surface area contributed by atoms with Gasteiger partial charge >= 0.3 is 0 Å². The molecule has 3 aliphatic heterocycles. The molecule has 0 aromatic carbocycles. The van der Waals surface area contributed by atoms with Gasteiger partial charge in [-0.05, 0) is 12.8 Å². The van der Waals surface area contributed by atoms with Crippen molar-refractivity contribution in [1.29, 1.82) is 0 Å². The molecule has 0 amide bonds. The molecule has 0 spiro atoms. The summed E-state index contributed by atoms with van der Waals surface area (Å²) in [6, 6.07) is -4.93. The molecule has 4 rings (SSSR count). The summed E-state index contributed by atoms with van der Waals surface area (Å²) in [4.78, 5) is 0. The lowest BCUT2D eigenvalue weighted by Gasteiger charge is -2.49. The van der Waals surface area contributed by atoms with Crippen molar-refractivity contribution < 1.29 is 64.2 Å². The first-order valence-corrected chi connectivity index (χ1v) is 14.4. The highest BCUT2D eigenvalue weighted by Crippen LogP contribution is 2.32. The number of nitrogens with two attached hydrogens (primary N) is 6. The van der Waals surface area contributed by atoms with E-state index in [0.717, 1.165) is 0 Å². The lowest BCUT2D eigenvalue weighted by molar-refractivity contribution is -0.336. The van der Waals surface area contributed by atoms with Crippen LogP contribution in [0, 0.1) is 0 Å². The number of aliphatic hydroxyl groups is 7. The highest BCUT2D eigenvalue weighted by atomic mass is 16.7. The molecule has 19 N–H and O–H groups in total. The van der Waals surface area contributed by atoms with Crippen LogP contribution in [0.15, 0.2) is 0 Å². The number of hydrogen-bond acceptors (Lipinski definition) is 19. The van der Waals surface area contributed by atoms with Crippen LogP contribution in [0.1, 0.15) is 12.8 Å². The molecular formula is C24H48N6O13. The van der Waals surface area contributed by atoms with Gasteiger partial charge in [0.15, 0.2) is 18.9 Å². The third kappa shape index (κ3) is 7.30. The lowest BCUT2D eigenvalue weighted by atomic mass is 9.84. The van der Waals surface area contributed by atoms with Crippen molar-refractivity contribution in [1.82, 2.24) is 0 Å². The third-order valence-electron chi connectivity index (χ3n) is 8.60. The summed E-state index contributed by atoms with van der Waals surface area (Å²) in [5, 5.41) is 72.1. The fraction of sp³-hybridized carbons (Fsp3) is 1.00. The first-order valence-electron chi connectivity index (χ1n) is 14.4. The summed E-state index contributed by atoms with van der Waals surface area (Å²) < 4.78 is 34.7. The smallest absolute Gasteiger partial charge is 0.176 e. The van der Waals surface area contributed by atoms with Crippen LogP contribution in [0.4, 0.5) is 0 Å². The van der Waals surface area contributed by atoms with Crippen molar-refractivity contribution in [3.63, 3.8) is 0 Å². The molecule has 0 aromatic rings. The van der Waals surface area contributed by atoms with E-state index in [4.69, 9.17) is 62.8 Å². The van der Waals surface area contributed by atoms with Gasteiger partial charge in [0.25, 0.3) is 0 Å². The Morgan fingerprint density at radius 2 is 1.02 bits per heavy atom. The molecule has 252 valence electrons. The molecule has 0 aromatic heterocycles. The highest BCUT2D eigenvalue weighted by molar-refractivity contribution is 5.02. The second-order valence-electron chi connectivity index (χ2n) is 11.7. The maximum atomic E-state index is 11.3. The first-order chi connectivity index (χ1) is 20.3. The Balaban J connectivity index is 1.48. The van der Waals surface area contributed by atoms with Crippen LogP contribution in [-0.4, -0.2) is 172 Å². The van der Waals surface area contributed by atoms with Crippen LogP contribution in [0.5, 0.6) is 0 Å². The Labute approximate surface area is 247 Å². The van der Waals surface area contributed by atoms with E-state index in [1.165, 1.54) is 0 Å². The SMILES string of the molecule is NC[C@H]1O[C@H](O[C@H]2[C@H](O)[C@@H](O[C@@H]3O[C@H](CO)[C@@H](O)[C@H](O[C@H]4O[C@H](CO)[C@@H](O)[C@H](O)[C@H]4N)[C@H]3N)[C@H](N)C[C@@H]2N)[C@H](N)C[C@@H]1O. The average Bonchev–Trinajstić information content (AvgIpc) is 2.97. The third-order valence-corrected chi connectivity index (χ3v) is 8.60. The van der Waals surface area contributed by atoms with Crippen LogP contribution >= 0.6 is 0 Å². The normalized spacial score (nSPS) is 53.1. The van der Waals surface area contributed by atoms with E-state index >= 15 is 0 Å². The molecule has 4 aliphatic rings. The Bertz CT molecular complexity index is 886. The Morgan fingerprint density at radius 1 is 0.535 bits per heavy atom. The maximum absolute atomic E-state index is 11.3. The van der Waals surface area contributed by atoms with E-state index in [-0.39, 0.29) is 19.4 Å². The summed E-state index contributed by atoms with van der Waals surface area (Å²) in [7, 11) is 0. The standard InChI is InChI=1S/C24H48N6O13/c25-3-10-9(33)2-8(28)22(38-10)41-19-6(26)1-7(27)20(18(19)37)42-24-14(30)21(16(35)12(5-32)40-24)43-23-13(29)17(36)15(34)11(4-31)39-23/h6-24,31-37H,1-5,25-30H2/t6-,7+,8+,9-,10+,11+,12+,13+,14+,15+,16+,17+,18-,19+,20-,21+,22+,23+,24-/m0/s1. The lowest BCUT2D eigenvalue weighted by Crippen LogP contribution is -2.70. The molecule has 1 saturated carbocycles. The van der Waals surface area contributed by atoms with Gasteiger partial charge in [-0.25, -0.2) is 0 Å². The molecule has 19 heteroatoms. The zero-order chi connectivity index (χ0) is 31.7. The second-order valence-corrected chi connectivity index (χ2v) is 11.7. The number of aliphatic hydroxyl groups excluding tert-OH is 7. The molecule has 0 bridgehead atoms. The Morgan fingerprint density at radius 3 is 1.58 bits per heavy atom. The molecule has 4 fully saturated rings. The van der Waals surface area contributed by atoms with Crippen LogP contribution < -0.4 is 34.4 Å². The van der Waals surface area contributed by atoms with Gasteiger partial charge in [-0.3, -0.25) is 0 Å². The van der Waals surface area contributed by atoms with E-state index < -0.39 is 129 Å². The van der Waals surface area contributed by atoms with Gasteiger partial charge in [0.05, 0.1) is 43.5 Å². The van der Waals surface area contributed by atoms with Crippen molar-refractivity contribution in [3.8, 4) is 0 Å². The van der Waals surface area contributed by atoms with Gasteiger partial charge in [-0.2, -0.15) is 0 Å². The molecule has 1 aliphatic carbocycles. The zero-order valence-corrected chi connectivity index (χ0v) is 23.5. The predicted octanol–water partition coefficient (Wildman–Crippen LogP) is -8.51. The summed E-state index contributed by atoms with van der Waals surface area (Å²) >= 11 is 0. The fourth-order valence-corrected chi connectivity index (χ4v) is 5.96. The molecule has 3 heterocycles. The molecule has 19 atom stereocenters. The minimum Gasteiger partial charge on any atom is -0.394 e. The molecule has 0 unspecified atom stereocenters. The molecular weight excluding hydrogens is 580 g/mol. The Hall–Kier alpha value is -0.760. The monoisotopic (exact) mass is 628 g/mol.